The molecule has 1 atom stereocenters. The van der Waals surface area contributed by atoms with Gasteiger partial charge in [0.25, 0.3) is 5.91 Å². The third kappa shape index (κ3) is 4.91. The van der Waals surface area contributed by atoms with Crippen molar-refractivity contribution in [1.29, 1.82) is 0 Å². The average Bonchev–Trinajstić information content (AvgIpc) is 3.04. The van der Waals surface area contributed by atoms with Crippen molar-refractivity contribution in [2.45, 2.75) is 6.42 Å². The van der Waals surface area contributed by atoms with Gasteiger partial charge >= 0.3 is 5.97 Å². The highest BCUT2D eigenvalue weighted by molar-refractivity contribution is 9.10. The monoisotopic (exact) mass is 434 g/mol. The molecule has 3 rings (SSSR count). The number of amides is 2. The number of carbonyl (C=O) groups is 3. The predicted octanol–water partition coefficient (Wildman–Crippen LogP) is 3.12. The number of anilines is 2. The summed E-state index contributed by atoms with van der Waals surface area (Å²) in [4.78, 5) is 37.6. The van der Waals surface area contributed by atoms with E-state index in [1.54, 1.807) is 24.3 Å². The van der Waals surface area contributed by atoms with Gasteiger partial charge in [0.05, 0.1) is 5.92 Å². The van der Waals surface area contributed by atoms with Crippen LogP contribution in [0, 0.1) is 11.7 Å². The Labute approximate surface area is 163 Å². The van der Waals surface area contributed by atoms with E-state index in [9.17, 15) is 18.8 Å². The zero-order valence-electron chi connectivity index (χ0n) is 14.2. The molecule has 140 valence electrons. The zero-order chi connectivity index (χ0) is 19.4. The van der Waals surface area contributed by atoms with E-state index >= 15 is 0 Å². The number of esters is 1. The van der Waals surface area contributed by atoms with Gasteiger partial charge in [0.1, 0.15) is 5.82 Å². The molecule has 6 nitrogen and oxygen atoms in total. The van der Waals surface area contributed by atoms with Crippen molar-refractivity contribution in [1.82, 2.24) is 0 Å². The fourth-order valence-electron chi connectivity index (χ4n) is 2.72. The third-order valence-corrected chi connectivity index (χ3v) is 4.60. The summed E-state index contributed by atoms with van der Waals surface area (Å²) in [6.07, 6.45) is -0.00938. The van der Waals surface area contributed by atoms with Crippen molar-refractivity contribution in [3.63, 3.8) is 0 Å². The van der Waals surface area contributed by atoms with Crippen molar-refractivity contribution in [2.75, 3.05) is 23.4 Å². The fourth-order valence-corrected chi connectivity index (χ4v) is 2.99. The summed E-state index contributed by atoms with van der Waals surface area (Å²) in [5, 5.41) is 2.61. The topological polar surface area (TPSA) is 75.7 Å². The van der Waals surface area contributed by atoms with Crippen molar-refractivity contribution >= 4 is 45.1 Å². The van der Waals surface area contributed by atoms with Gasteiger partial charge in [-0.05, 0) is 48.5 Å². The molecule has 1 fully saturated rings. The highest BCUT2D eigenvalue weighted by Gasteiger charge is 2.36. The molecule has 27 heavy (non-hydrogen) atoms. The van der Waals surface area contributed by atoms with E-state index in [1.165, 1.54) is 29.2 Å². The lowest BCUT2D eigenvalue weighted by molar-refractivity contribution is -0.151. The zero-order valence-corrected chi connectivity index (χ0v) is 15.7. The van der Waals surface area contributed by atoms with Crippen molar-refractivity contribution < 1.29 is 23.5 Å². The second-order valence-electron chi connectivity index (χ2n) is 6.04. The number of hydrogen-bond acceptors (Lipinski definition) is 4. The van der Waals surface area contributed by atoms with Crippen LogP contribution in [-0.4, -0.2) is 30.9 Å². The lowest BCUT2D eigenvalue weighted by Crippen LogP contribution is -2.28. The predicted molar refractivity (Wildman–Crippen MR) is 101 cm³/mol. The summed E-state index contributed by atoms with van der Waals surface area (Å²) in [6.45, 7) is -0.298. The van der Waals surface area contributed by atoms with E-state index in [0.29, 0.717) is 11.4 Å². The van der Waals surface area contributed by atoms with Crippen LogP contribution in [0.4, 0.5) is 15.8 Å². The lowest BCUT2D eigenvalue weighted by atomic mass is 10.1. The van der Waals surface area contributed by atoms with Gasteiger partial charge < -0.3 is 15.0 Å². The first-order valence-electron chi connectivity index (χ1n) is 8.20. The van der Waals surface area contributed by atoms with E-state index in [1.807, 2.05) is 0 Å². The highest BCUT2D eigenvalue weighted by Crippen LogP contribution is 2.26. The number of carbonyl (C=O) groups excluding carboxylic acids is 3. The molecular weight excluding hydrogens is 419 g/mol. The van der Waals surface area contributed by atoms with E-state index < -0.39 is 30.2 Å². The van der Waals surface area contributed by atoms with Crippen LogP contribution in [0.2, 0.25) is 0 Å². The SMILES string of the molecule is O=C(COC(=O)[C@@H]1CC(=O)N(c2ccc(F)cc2)C1)Nc1ccc(Br)cc1. The first-order chi connectivity index (χ1) is 12.9. The van der Waals surface area contributed by atoms with Gasteiger partial charge in [-0.25, -0.2) is 4.39 Å². The molecule has 0 saturated carbocycles. The Morgan fingerprint density at radius 1 is 1.15 bits per heavy atom. The minimum absolute atomic E-state index is 0.00938. The third-order valence-electron chi connectivity index (χ3n) is 4.07. The Morgan fingerprint density at radius 2 is 1.81 bits per heavy atom. The van der Waals surface area contributed by atoms with Crippen LogP contribution in [0.25, 0.3) is 0 Å². The summed E-state index contributed by atoms with van der Waals surface area (Å²) in [5.74, 6) is -2.40. The first kappa shape index (κ1) is 19.0. The minimum atomic E-state index is -0.664. The normalized spacial score (nSPS) is 16.3. The van der Waals surface area contributed by atoms with E-state index in [-0.39, 0.29) is 18.9 Å². The molecular formula is C19H16BrFN2O4. The lowest BCUT2D eigenvalue weighted by Gasteiger charge is -2.16. The van der Waals surface area contributed by atoms with Crippen LogP contribution in [0.1, 0.15) is 6.42 Å². The Bertz CT molecular complexity index is 855. The van der Waals surface area contributed by atoms with Gasteiger partial charge in [0.2, 0.25) is 5.91 Å². The number of ether oxygens (including phenoxy) is 1. The molecule has 0 unspecified atom stereocenters. The summed E-state index contributed by atoms with van der Waals surface area (Å²) in [5.41, 5.74) is 1.10. The quantitative estimate of drug-likeness (QED) is 0.733. The van der Waals surface area contributed by atoms with Gasteiger partial charge in [-0.1, -0.05) is 15.9 Å². The van der Waals surface area contributed by atoms with Crippen LogP contribution in [0.3, 0.4) is 0 Å². The van der Waals surface area contributed by atoms with Crippen molar-refractivity contribution in [2.24, 2.45) is 5.92 Å². The molecule has 1 aliphatic rings. The molecule has 2 amide bonds. The van der Waals surface area contributed by atoms with Crippen LogP contribution in [-0.2, 0) is 19.1 Å². The Kier molecular flexibility index (Phi) is 5.85. The molecule has 1 saturated heterocycles. The number of hydrogen-bond donors (Lipinski definition) is 1. The number of benzene rings is 2. The molecule has 1 heterocycles. The second kappa shape index (κ2) is 8.30. The molecule has 0 spiro atoms. The smallest absolute Gasteiger partial charge is 0.311 e. The average molecular weight is 435 g/mol. The first-order valence-corrected chi connectivity index (χ1v) is 8.99. The second-order valence-corrected chi connectivity index (χ2v) is 6.96. The van der Waals surface area contributed by atoms with Crippen LogP contribution in [0.5, 0.6) is 0 Å². The van der Waals surface area contributed by atoms with Gasteiger partial charge in [-0.15, -0.1) is 0 Å². The number of halogens is 2. The number of nitrogens with zero attached hydrogens (tertiary/aromatic N) is 1. The molecule has 2 aromatic rings. The summed E-state index contributed by atoms with van der Waals surface area (Å²) >= 11 is 3.30. The minimum Gasteiger partial charge on any atom is -0.455 e. The van der Waals surface area contributed by atoms with Crippen LogP contribution in [0.15, 0.2) is 53.0 Å². The summed E-state index contributed by atoms with van der Waals surface area (Å²) < 4.78 is 18.9. The van der Waals surface area contributed by atoms with Gasteiger partial charge in [0.15, 0.2) is 6.61 Å². The molecule has 8 heteroatoms. The fraction of sp³-hybridized carbons (Fsp3) is 0.211. The summed E-state index contributed by atoms with van der Waals surface area (Å²) in [6, 6.07) is 12.4. The molecule has 1 N–H and O–H groups in total. The maximum atomic E-state index is 13.0. The Balaban J connectivity index is 1.51. The largest absolute Gasteiger partial charge is 0.455 e. The van der Waals surface area contributed by atoms with Gasteiger partial charge in [-0.2, -0.15) is 0 Å². The van der Waals surface area contributed by atoms with E-state index in [0.717, 1.165) is 4.47 Å². The molecule has 0 aliphatic carbocycles. The number of nitrogens with one attached hydrogen (secondary N) is 1. The molecule has 2 aromatic carbocycles. The van der Waals surface area contributed by atoms with E-state index in [4.69, 9.17) is 4.74 Å². The summed E-state index contributed by atoms with van der Waals surface area (Å²) in [7, 11) is 0. The Morgan fingerprint density at radius 3 is 2.48 bits per heavy atom. The van der Waals surface area contributed by atoms with Gasteiger partial charge in [-0.3, -0.25) is 14.4 Å². The maximum absolute atomic E-state index is 13.0. The van der Waals surface area contributed by atoms with Crippen LogP contribution < -0.4 is 10.2 Å². The molecule has 0 radical (unpaired) electrons. The van der Waals surface area contributed by atoms with Gasteiger partial charge in [0, 0.05) is 28.8 Å². The standard InChI is InChI=1S/C19H16BrFN2O4/c20-13-1-5-15(6-2-13)22-17(24)11-27-19(26)12-9-18(25)23(10-12)16-7-3-14(21)4-8-16/h1-8,12H,9-11H2,(H,22,24)/t12-/m1/s1. The van der Waals surface area contributed by atoms with Crippen LogP contribution >= 0.6 is 15.9 Å². The molecule has 0 bridgehead atoms. The molecule has 0 aromatic heterocycles. The molecule has 1 aliphatic heterocycles. The highest BCUT2D eigenvalue weighted by atomic mass is 79.9. The maximum Gasteiger partial charge on any atom is 0.311 e. The van der Waals surface area contributed by atoms with Crippen molar-refractivity contribution in [3.05, 3.63) is 58.8 Å². The van der Waals surface area contributed by atoms with Crippen molar-refractivity contribution in [3.8, 4) is 0 Å². The Hall–Kier alpha value is -2.74. The number of rotatable bonds is 5. The van der Waals surface area contributed by atoms with E-state index in [2.05, 4.69) is 21.2 Å².